The molecular formula is C11H20O2. The zero-order chi connectivity index (χ0) is 9.10. The first-order valence-electron chi connectivity index (χ1n) is 5.66. The quantitative estimate of drug-likeness (QED) is 0.728. The van der Waals surface area contributed by atoms with Gasteiger partial charge in [-0.25, -0.2) is 0 Å². The van der Waals surface area contributed by atoms with E-state index in [9.17, 15) is 5.11 Å². The van der Waals surface area contributed by atoms with Crippen molar-refractivity contribution in [1.29, 1.82) is 0 Å². The fourth-order valence-electron chi connectivity index (χ4n) is 2.19. The molecule has 0 saturated heterocycles. The van der Waals surface area contributed by atoms with Gasteiger partial charge in [0.15, 0.2) is 0 Å². The maximum Gasteiger partial charge on any atom is 0.0834 e. The smallest absolute Gasteiger partial charge is 0.0834 e. The molecule has 0 unspecified atom stereocenters. The van der Waals surface area contributed by atoms with Crippen LogP contribution in [0.5, 0.6) is 0 Å². The summed E-state index contributed by atoms with van der Waals surface area (Å²) in [7, 11) is 0. The van der Waals surface area contributed by atoms with E-state index in [1.54, 1.807) is 0 Å². The number of rotatable bonds is 3. The van der Waals surface area contributed by atoms with Gasteiger partial charge in [-0.15, -0.1) is 0 Å². The molecule has 0 aromatic heterocycles. The van der Waals surface area contributed by atoms with Gasteiger partial charge in [-0.1, -0.05) is 19.3 Å². The van der Waals surface area contributed by atoms with Crippen LogP contribution in [0.3, 0.4) is 0 Å². The van der Waals surface area contributed by atoms with E-state index in [4.69, 9.17) is 4.74 Å². The van der Waals surface area contributed by atoms with E-state index < -0.39 is 0 Å². The van der Waals surface area contributed by atoms with Gasteiger partial charge in [0.1, 0.15) is 0 Å². The molecule has 0 spiro atoms. The third-order valence-corrected chi connectivity index (χ3v) is 3.44. The van der Waals surface area contributed by atoms with E-state index in [-0.39, 0.29) is 12.2 Å². The van der Waals surface area contributed by atoms with E-state index in [0.717, 1.165) is 25.4 Å². The monoisotopic (exact) mass is 184 g/mol. The number of hydrogen-bond donors (Lipinski definition) is 1. The number of aliphatic hydroxyl groups is 1. The highest BCUT2D eigenvalue weighted by atomic mass is 16.5. The van der Waals surface area contributed by atoms with Crippen LogP contribution < -0.4 is 0 Å². The van der Waals surface area contributed by atoms with Gasteiger partial charge in [0.25, 0.3) is 0 Å². The number of ether oxygens (including phenoxy) is 1. The van der Waals surface area contributed by atoms with Crippen LogP contribution in [0, 0.1) is 5.92 Å². The maximum absolute atomic E-state index is 9.65. The van der Waals surface area contributed by atoms with Crippen molar-refractivity contribution in [3.63, 3.8) is 0 Å². The molecular weight excluding hydrogens is 164 g/mol. The molecule has 2 atom stereocenters. The summed E-state index contributed by atoms with van der Waals surface area (Å²) >= 11 is 0. The predicted octanol–water partition coefficient (Wildman–Crippen LogP) is 2.11. The van der Waals surface area contributed by atoms with Crippen molar-refractivity contribution in [3.8, 4) is 0 Å². The summed E-state index contributed by atoms with van der Waals surface area (Å²) < 4.78 is 5.75. The predicted molar refractivity (Wildman–Crippen MR) is 51.6 cm³/mol. The molecule has 2 aliphatic carbocycles. The normalized spacial score (nSPS) is 35.8. The minimum absolute atomic E-state index is 0.148. The van der Waals surface area contributed by atoms with Crippen LogP contribution in [0.1, 0.15) is 44.9 Å². The lowest BCUT2D eigenvalue weighted by Gasteiger charge is -2.31. The topological polar surface area (TPSA) is 29.5 Å². The summed E-state index contributed by atoms with van der Waals surface area (Å²) in [4.78, 5) is 0. The Balaban J connectivity index is 1.66. The lowest BCUT2D eigenvalue weighted by molar-refractivity contribution is -0.0759. The van der Waals surface area contributed by atoms with Crippen LogP contribution in [-0.2, 0) is 4.74 Å². The second kappa shape index (κ2) is 4.43. The Morgan fingerprint density at radius 2 is 1.77 bits per heavy atom. The summed E-state index contributed by atoms with van der Waals surface area (Å²) in [5.41, 5.74) is 0. The molecule has 2 heteroatoms. The molecule has 76 valence electrons. The molecule has 2 rings (SSSR count). The second-order valence-corrected chi connectivity index (χ2v) is 4.52. The van der Waals surface area contributed by atoms with E-state index in [1.165, 1.54) is 32.1 Å². The Hall–Kier alpha value is -0.0800. The first-order chi connectivity index (χ1) is 6.36. The molecule has 2 fully saturated rings. The van der Waals surface area contributed by atoms with Gasteiger partial charge >= 0.3 is 0 Å². The van der Waals surface area contributed by atoms with Gasteiger partial charge in [0.2, 0.25) is 0 Å². The average Bonchev–Trinajstić information content (AvgIpc) is 2.05. The van der Waals surface area contributed by atoms with Crippen molar-refractivity contribution >= 4 is 0 Å². The van der Waals surface area contributed by atoms with Crippen LogP contribution in [0.4, 0.5) is 0 Å². The molecule has 0 heterocycles. The number of hydrogen-bond acceptors (Lipinski definition) is 2. The first-order valence-corrected chi connectivity index (χ1v) is 5.66. The largest absolute Gasteiger partial charge is 0.390 e. The van der Waals surface area contributed by atoms with E-state index in [0.29, 0.717) is 0 Å². The molecule has 0 aliphatic heterocycles. The number of aliphatic hydroxyl groups excluding tert-OH is 1. The Morgan fingerprint density at radius 3 is 2.38 bits per heavy atom. The van der Waals surface area contributed by atoms with Crippen molar-refractivity contribution in [1.82, 2.24) is 0 Å². The van der Waals surface area contributed by atoms with Gasteiger partial charge in [-0.05, 0) is 31.6 Å². The van der Waals surface area contributed by atoms with Crippen molar-refractivity contribution < 1.29 is 9.84 Å². The van der Waals surface area contributed by atoms with Crippen molar-refractivity contribution in [2.45, 2.75) is 57.2 Å². The van der Waals surface area contributed by atoms with E-state index in [1.807, 2.05) is 0 Å². The Morgan fingerprint density at radius 1 is 1.00 bits per heavy atom. The third-order valence-electron chi connectivity index (χ3n) is 3.44. The fourth-order valence-corrected chi connectivity index (χ4v) is 2.19. The first kappa shape index (κ1) is 9.47. The molecule has 2 aliphatic rings. The molecule has 1 N–H and O–H groups in total. The minimum Gasteiger partial charge on any atom is -0.390 e. The molecule has 13 heavy (non-hydrogen) atoms. The average molecular weight is 184 g/mol. The summed E-state index contributed by atoms with van der Waals surface area (Å²) in [6.07, 6.45) is 8.41. The molecule has 0 aromatic rings. The van der Waals surface area contributed by atoms with Gasteiger partial charge in [-0.3, -0.25) is 0 Å². The van der Waals surface area contributed by atoms with Gasteiger partial charge in [-0.2, -0.15) is 0 Å². The summed E-state index contributed by atoms with van der Waals surface area (Å²) in [5, 5.41) is 9.65. The van der Waals surface area contributed by atoms with Crippen LogP contribution in [0.15, 0.2) is 0 Å². The van der Waals surface area contributed by atoms with Crippen molar-refractivity contribution in [2.24, 2.45) is 5.92 Å². The molecule has 0 radical (unpaired) electrons. The molecule has 0 bridgehead atoms. The minimum atomic E-state index is -0.186. The van der Waals surface area contributed by atoms with Crippen LogP contribution in [0.25, 0.3) is 0 Å². The standard InChI is InChI=1S/C11H20O2/c12-10-6-1-2-7-11(10)13-8-9-4-3-5-9/h9-12H,1-8H2/t10-,11-/m0/s1. The second-order valence-electron chi connectivity index (χ2n) is 4.52. The van der Waals surface area contributed by atoms with Gasteiger partial charge in [0, 0.05) is 6.61 Å². The van der Waals surface area contributed by atoms with Crippen molar-refractivity contribution in [2.75, 3.05) is 6.61 Å². The Kier molecular flexibility index (Phi) is 3.23. The molecule has 0 aromatic carbocycles. The zero-order valence-electron chi connectivity index (χ0n) is 8.24. The van der Waals surface area contributed by atoms with Crippen LogP contribution >= 0.6 is 0 Å². The van der Waals surface area contributed by atoms with E-state index >= 15 is 0 Å². The third kappa shape index (κ3) is 2.44. The van der Waals surface area contributed by atoms with Crippen LogP contribution in [-0.4, -0.2) is 23.9 Å². The Bertz CT molecular complexity index is 154. The zero-order valence-corrected chi connectivity index (χ0v) is 8.24. The summed E-state index contributed by atoms with van der Waals surface area (Å²) in [6, 6.07) is 0. The summed E-state index contributed by atoms with van der Waals surface area (Å²) in [6.45, 7) is 0.891. The maximum atomic E-state index is 9.65. The molecule has 2 nitrogen and oxygen atoms in total. The molecule has 2 saturated carbocycles. The van der Waals surface area contributed by atoms with Gasteiger partial charge in [0.05, 0.1) is 12.2 Å². The molecule has 0 amide bonds. The van der Waals surface area contributed by atoms with E-state index in [2.05, 4.69) is 0 Å². The van der Waals surface area contributed by atoms with Crippen LogP contribution in [0.2, 0.25) is 0 Å². The van der Waals surface area contributed by atoms with Gasteiger partial charge < -0.3 is 9.84 Å². The lowest BCUT2D eigenvalue weighted by atomic mass is 9.86. The highest BCUT2D eigenvalue weighted by molar-refractivity contribution is 4.76. The Labute approximate surface area is 80.3 Å². The highest BCUT2D eigenvalue weighted by Gasteiger charge is 2.26. The SMILES string of the molecule is O[C@H]1CCCC[C@@H]1OCC1CCC1. The summed E-state index contributed by atoms with van der Waals surface area (Å²) in [5.74, 6) is 0.800. The highest BCUT2D eigenvalue weighted by Crippen LogP contribution is 2.28. The lowest BCUT2D eigenvalue weighted by Crippen LogP contribution is -2.34. The fraction of sp³-hybridized carbons (Fsp3) is 1.00. The van der Waals surface area contributed by atoms with Crippen molar-refractivity contribution in [3.05, 3.63) is 0 Å².